The van der Waals surface area contributed by atoms with Crippen LogP contribution in [-0.4, -0.2) is 0 Å². The molecule has 49 valence electrons. The van der Waals surface area contributed by atoms with Crippen LogP contribution in [0.5, 0.6) is 0 Å². The van der Waals surface area contributed by atoms with E-state index in [-0.39, 0.29) is 0 Å². The lowest BCUT2D eigenvalue weighted by molar-refractivity contribution is 0.613. The highest BCUT2D eigenvalue weighted by molar-refractivity contribution is 5.79. The van der Waals surface area contributed by atoms with Crippen molar-refractivity contribution in [3.05, 3.63) is 36.1 Å². The Labute approximate surface area is 59.3 Å². The average molecular weight is 131 g/mol. The van der Waals surface area contributed by atoms with Gasteiger partial charge in [0, 0.05) is 5.39 Å². The molecule has 1 heteroatoms. The van der Waals surface area contributed by atoms with Crippen LogP contribution in [0.25, 0.3) is 11.0 Å². The van der Waals surface area contributed by atoms with Crippen LogP contribution in [0.1, 0.15) is 5.56 Å². The predicted molar refractivity (Wildman–Crippen MR) is 39.8 cm³/mol. The lowest BCUT2D eigenvalue weighted by Gasteiger charge is -1.90. The summed E-state index contributed by atoms with van der Waals surface area (Å²) in [6.07, 6.45) is 1.70. The van der Waals surface area contributed by atoms with Gasteiger partial charge in [-0.25, -0.2) is 0 Å². The van der Waals surface area contributed by atoms with Crippen LogP contribution < -0.4 is 0 Å². The van der Waals surface area contributed by atoms with Crippen molar-refractivity contribution in [1.29, 1.82) is 0 Å². The topological polar surface area (TPSA) is 13.1 Å². The summed E-state index contributed by atoms with van der Waals surface area (Å²) in [4.78, 5) is 0. The fourth-order valence-corrected chi connectivity index (χ4v) is 1.08. The van der Waals surface area contributed by atoms with Gasteiger partial charge < -0.3 is 4.42 Å². The molecule has 0 aliphatic heterocycles. The molecule has 1 nitrogen and oxygen atoms in total. The van der Waals surface area contributed by atoms with Crippen LogP contribution in [0, 0.1) is 13.0 Å². The third kappa shape index (κ3) is 0.637. The summed E-state index contributed by atoms with van der Waals surface area (Å²) in [5.74, 6) is 0. The van der Waals surface area contributed by atoms with Gasteiger partial charge >= 0.3 is 0 Å². The molecule has 0 bridgehead atoms. The maximum atomic E-state index is 5.23. The van der Waals surface area contributed by atoms with Gasteiger partial charge in [0.05, 0.1) is 6.26 Å². The largest absolute Gasteiger partial charge is 0.464 e. The average Bonchev–Trinajstić information content (AvgIpc) is 2.36. The molecular weight excluding hydrogens is 124 g/mol. The number of benzene rings is 1. The number of furan rings is 1. The van der Waals surface area contributed by atoms with Crippen molar-refractivity contribution < 1.29 is 4.42 Å². The second-order valence-electron chi connectivity index (χ2n) is 2.34. The van der Waals surface area contributed by atoms with E-state index in [1.807, 2.05) is 25.1 Å². The Morgan fingerprint density at radius 2 is 2.30 bits per heavy atom. The molecule has 1 aromatic carbocycles. The monoisotopic (exact) mass is 131 g/mol. The second-order valence-corrected chi connectivity index (χ2v) is 2.34. The van der Waals surface area contributed by atoms with Crippen LogP contribution in [0.15, 0.2) is 28.9 Å². The maximum absolute atomic E-state index is 5.23. The molecule has 0 fully saturated rings. The number of hydrogen-bond donors (Lipinski definition) is 0. The van der Waals surface area contributed by atoms with E-state index < -0.39 is 0 Å². The first-order chi connectivity index (χ1) is 4.88. The molecule has 1 aromatic heterocycles. The molecule has 0 aliphatic rings. The zero-order chi connectivity index (χ0) is 6.97. The molecule has 0 atom stereocenters. The molecule has 10 heavy (non-hydrogen) atoms. The third-order valence-electron chi connectivity index (χ3n) is 1.59. The minimum absolute atomic E-state index is 0.971. The van der Waals surface area contributed by atoms with Crippen molar-refractivity contribution in [2.45, 2.75) is 6.92 Å². The highest BCUT2D eigenvalue weighted by atomic mass is 16.3. The summed E-state index contributed by atoms with van der Waals surface area (Å²) in [5, 5.41) is 1.12. The second kappa shape index (κ2) is 1.87. The van der Waals surface area contributed by atoms with Gasteiger partial charge in [0.25, 0.3) is 0 Å². The van der Waals surface area contributed by atoms with Gasteiger partial charge in [-0.2, -0.15) is 0 Å². The molecule has 0 saturated heterocycles. The number of rotatable bonds is 0. The first kappa shape index (κ1) is 5.54. The van der Waals surface area contributed by atoms with Gasteiger partial charge in [0.15, 0.2) is 0 Å². The zero-order valence-electron chi connectivity index (χ0n) is 5.72. The molecule has 1 heterocycles. The van der Waals surface area contributed by atoms with Crippen molar-refractivity contribution in [3.63, 3.8) is 0 Å². The standard InChI is InChI=1S/C9H7O/c1-7-3-2-4-8-5-6-10-9(7)8/h3-6H,1H3. The number of fused-ring (bicyclic) bond motifs is 1. The quantitative estimate of drug-likeness (QED) is 0.535. The lowest BCUT2D eigenvalue weighted by Crippen LogP contribution is -1.70. The summed E-state index contributed by atoms with van der Waals surface area (Å²) in [7, 11) is 0. The van der Waals surface area contributed by atoms with Crippen LogP contribution in [-0.2, 0) is 0 Å². The Kier molecular flexibility index (Phi) is 1.04. The normalized spacial score (nSPS) is 10.5. The minimum atomic E-state index is 0.971. The highest BCUT2D eigenvalue weighted by Gasteiger charge is 1.96. The van der Waals surface area contributed by atoms with E-state index in [0.29, 0.717) is 0 Å². The summed E-state index contributed by atoms with van der Waals surface area (Å²) in [6.45, 7) is 2.02. The third-order valence-corrected chi connectivity index (χ3v) is 1.59. The van der Waals surface area contributed by atoms with E-state index in [4.69, 9.17) is 4.42 Å². The van der Waals surface area contributed by atoms with Crippen LogP contribution in [0.3, 0.4) is 0 Å². The highest BCUT2D eigenvalue weighted by Crippen LogP contribution is 2.17. The molecule has 0 saturated carbocycles. The van der Waals surface area contributed by atoms with Gasteiger partial charge in [-0.3, -0.25) is 0 Å². The first-order valence-corrected chi connectivity index (χ1v) is 3.22. The van der Waals surface area contributed by atoms with Gasteiger partial charge in [-0.15, -0.1) is 0 Å². The first-order valence-electron chi connectivity index (χ1n) is 3.22. The van der Waals surface area contributed by atoms with Crippen LogP contribution in [0.2, 0.25) is 0 Å². The van der Waals surface area contributed by atoms with Gasteiger partial charge in [0.2, 0.25) is 0 Å². The molecule has 0 N–H and O–H groups in total. The Balaban J connectivity index is 2.95. The van der Waals surface area contributed by atoms with Crippen molar-refractivity contribution >= 4 is 11.0 Å². The Hall–Kier alpha value is -1.24. The molecule has 0 aliphatic carbocycles. The van der Waals surface area contributed by atoms with Crippen LogP contribution in [0.4, 0.5) is 0 Å². The van der Waals surface area contributed by atoms with Gasteiger partial charge in [0.1, 0.15) is 5.58 Å². The Morgan fingerprint density at radius 1 is 1.40 bits per heavy atom. The van der Waals surface area contributed by atoms with E-state index in [2.05, 4.69) is 6.07 Å². The number of hydrogen-bond acceptors (Lipinski definition) is 1. The van der Waals surface area contributed by atoms with Crippen molar-refractivity contribution in [3.8, 4) is 0 Å². The lowest BCUT2D eigenvalue weighted by atomic mass is 10.2. The van der Waals surface area contributed by atoms with E-state index >= 15 is 0 Å². The van der Waals surface area contributed by atoms with Crippen molar-refractivity contribution in [1.82, 2.24) is 0 Å². The summed E-state index contributed by atoms with van der Waals surface area (Å²) in [6, 6.07) is 8.82. The molecule has 0 amide bonds. The molecule has 0 spiro atoms. The molecule has 1 radical (unpaired) electrons. The predicted octanol–water partition coefficient (Wildman–Crippen LogP) is 2.54. The Morgan fingerprint density at radius 3 is 3.10 bits per heavy atom. The van der Waals surface area contributed by atoms with Crippen molar-refractivity contribution in [2.24, 2.45) is 0 Å². The zero-order valence-corrected chi connectivity index (χ0v) is 5.72. The fourth-order valence-electron chi connectivity index (χ4n) is 1.08. The molecule has 2 aromatic rings. The summed E-state index contributed by atoms with van der Waals surface area (Å²) < 4.78 is 5.23. The summed E-state index contributed by atoms with van der Waals surface area (Å²) >= 11 is 0. The van der Waals surface area contributed by atoms with Crippen molar-refractivity contribution in [2.75, 3.05) is 0 Å². The molecule has 2 rings (SSSR count). The molecule has 0 unspecified atom stereocenters. The SMILES string of the molecule is Cc1c[c]cc2ccoc12. The Bertz CT molecular complexity index is 346. The van der Waals surface area contributed by atoms with Gasteiger partial charge in [-0.05, 0) is 36.8 Å². The maximum Gasteiger partial charge on any atom is 0.136 e. The summed E-state index contributed by atoms with van der Waals surface area (Å²) in [5.41, 5.74) is 2.11. The minimum Gasteiger partial charge on any atom is -0.464 e. The fraction of sp³-hybridized carbons (Fsp3) is 0.111. The van der Waals surface area contributed by atoms with Gasteiger partial charge in [-0.1, -0.05) is 0 Å². The van der Waals surface area contributed by atoms with E-state index in [0.717, 1.165) is 16.5 Å². The van der Waals surface area contributed by atoms with E-state index in [1.165, 1.54) is 0 Å². The smallest absolute Gasteiger partial charge is 0.136 e. The van der Waals surface area contributed by atoms with Crippen LogP contribution >= 0.6 is 0 Å². The van der Waals surface area contributed by atoms with E-state index in [1.54, 1.807) is 6.26 Å². The van der Waals surface area contributed by atoms with E-state index in [9.17, 15) is 0 Å². The molecular formula is C9H7O. The number of aryl methyl sites for hydroxylation is 1.